The van der Waals surface area contributed by atoms with Crippen molar-refractivity contribution in [3.8, 4) is 11.6 Å². The standard InChI is InChI=1S/C24H25F3N5O5P/c1-4-37-38(34,35)13-14-8-9-17(19(10-14)36-3)30-23-28-11-16(24(25,26)27)21(31-23)29-18-7-5-6-15-12-32(2)22(33)20(15)18/h5-12,33H,4,13H2,1-3H3,(H,34,35)(H2,28,29,30,31). The lowest BCUT2D eigenvalue weighted by Gasteiger charge is -2.17. The molecule has 0 radical (unpaired) electrons. The van der Waals surface area contributed by atoms with E-state index >= 15 is 0 Å². The van der Waals surface area contributed by atoms with Gasteiger partial charge in [0.05, 0.1) is 36.6 Å². The van der Waals surface area contributed by atoms with Crippen molar-refractivity contribution in [3.63, 3.8) is 0 Å². The van der Waals surface area contributed by atoms with Crippen LogP contribution >= 0.6 is 7.60 Å². The molecule has 2 aromatic heterocycles. The van der Waals surface area contributed by atoms with E-state index < -0.39 is 25.2 Å². The van der Waals surface area contributed by atoms with Gasteiger partial charge in [-0.1, -0.05) is 18.2 Å². The highest BCUT2D eigenvalue weighted by atomic mass is 31.2. The van der Waals surface area contributed by atoms with Crippen LogP contribution in [0, 0.1) is 0 Å². The van der Waals surface area contributed by atoms with Crippen LogP contribution in [-0.4, -0.2) is 38.3 Å². The smallest absolute Gasteiger partial charge is 0.421 e. The monoisotopic (exact) mass is 551 g/mol. The Bertz CT molecular complexity index is 1530. The van der Waals surface area contributed by atoms with E-state index in [2.05, 4.69) is 20.6 Å². The maximum absolute atomic E-state index is 13.8. The lowest BCUT2D eigenvalue weighted by molar-refractivity contribution is -0.137. The van der Waals surface area contributed by atoms with Crippen LogP contribution in [-0.2, 0) is 28.5 Å². The van der Waals surface area contributed by atoms with Gasteiger partial charge >= 0.3 is 13.8 Å². The molecule has 4 N–H and O–H groups in total. The third-order valence-electron chi connectivity index (χ3n) is 5.56. The largest absolute Gasteiger partial charge is 0.495 e. The van der Waals surface area contributed by atoms with Gasteiger partial charge in [-0.25, -0.2) is 4.98 Å². The number of rotatable bonds is 9. The summed E-state index contributed by atoms with van der Waals surface area (Å²) in [5.74, 6) is -0.570. The molecule has 0 amide bonds. The number of methoxy groups -OCH3 is 1. The lowest BCUT2D eigenvalue weighted by atomic mass is 10.1. The van der Waals surface area contributed by atoms with Crippen LogP contribution in [0.4, 0.5) is 36.3 Å². The maximum Gasteiger partial charge on any atom is 0.421 e. The van der Waals surface area contributed by atoms with E-state index in [-0.39, 0.29) is 36.0 Å². The van der Waals surface area contributed by atoms with Gasteiger partial charge in [-0.15, -0.1) is 0 Å². The summed E-state index contributed by atoms with van der Waals surface area (Å²) in [5.41, 5.74) is -0.111. The van der Waals surface area contributed by atoms with Crippen molar-refractivity contribution in [3.05, 3.63) is 59.9 Å². The van der Waals surface area contributed by atoms with Crippen molar-refractivity contribution in [2.45, 2.75) is 19.3 Å². The first-order chi connectivity index (χ1) is 17.9. The van der Waals surface area contributed by atoms with Crippen LogP contribution in [0.3, 0.4) is 0 Å². The predicted molar refractivity (Wildman–Crippen MR) is 136 cm³/mol. The Morgan fingerprint density at radius 2 is 1.92 bits per heavy atom. The van der Waals surface area contributed by atoms with E-state index in [9.17, 15) is 27.7 Å². The highest BCUT2D eigenvalue weighted by Crippen LogP contribution is 2.46. The second-order valence-corrected chi connectivity index (χ2v) is 10.1. The zero-order valence-corrected chi connectivity index (χ0v) is 21.5. The number of hydrogen-bond donors (Lipinski definition) is 4. The second-order valence-electron chi connectivity index (χ2n) is 8.29. The molecule has 1 unspecified atom stereocenters. The van der Waals surface area contributed by atoms with E-state index in [0.29, 0.717) is 28.2 Å². The Morgan fingerprint density at radius 3 is 2.61 bits per heavy atom. The minimum absolute atomic E-state index is 0.0740. The van der Waals surface area contributed by atoms with Crippen LogP contribution in [0.5, 0.6) is 11.6 Å². The van der Waals surface area contributed by atoms with Gasteiger partial charge in [0.25, 0.3) is 0 Å². The molecule has 0 fully saturated rings. The zero-order chi connectivity index (χ0) is 27.7. The molecule has 4 aromatic rings. The summed E-state index contributed by atoms with van der Waals surface area (Å²) < 4.78 is 65.2. The molecule has 14 heteroatoms. The average molecular weight is 551 g/mol. The molecule has 0 aliphatic heterocycles. The fraction of sp³-hybridized carbons (Fsp3) is 0.250. The van der Waals surface area contributed by atoms with E-state index in [1.165, 1.54) is 29.9 Å². The predicted octanol–water partition coefficient (Wildman–Crippen LogP) is 5.91. The summed E-state index contributed by atoms with van der Waals surface area (Å²) in [7, 11) is -0.856. The molecule has 0 aliphatic rings. The summed E-state index contributed by atoms with van der Waals surface area (Å²) >= 11 is 0. The lowest BCUT2D eigenvalue weighted by Crippen LogP contribution is -2.13. The Morgan fingerprint density at radius 1 is 1.16 bits per heavy atom. The summed E-state index contributed by atoms with van der Waals surface area (Å²) in [6.45, 7) is 1.68. The Labute approximate surface area is 215 Å². The van der Waals surface area contributed by atoms with Gasteiger partial charge in [0.2, 0.25) is 11.8 Å². The quantitative estimate of drug-likeness (QED) is 0.188. The van der Waals surface area contributed by atoms with Gasteiger partial charge < -0.3 is 34.5 Å². The molecule has 1 atom stereocenters. The molecule has 2 aromatic carbocycles. The van der Waals surface area contributed by atoms with Crippen molar-refractivity contribution in [2.75, 3.05) is 24.4 Å². The molecule has 0 aliphatic carbocycles. The van der Waals surface area contributed by atoms with Crippen molar-refractivity contribution in [2.24, 2.45) is 7.05 Å². The molecule has 2 heterocycles. The first kappa shape index (κ1) is 27.2. The Kier molecular flexibility index (Phi) is 7.54. The number of benzene rings is 2. The average Bonchev–Trinajstić information content (AvgIpc) is 3.13. The third kappa shape index (κ3) is 5.85. The fourth-order valence-electron chi connectivity index (χ4n) is 3.89. The second kappa shape index (κ2) is 10.5. The maximum atomic E-state index is 13.8. The fourth-order valence-corrected chi connectivity index (χ4v) is 5.04. The van der Waals surface area contributed by atoms with Crippen LogP contribution in [0.25, 0.3) is 10.8 Å². The molecule has 0 spiro atoms. The van der Waals surface area contributed by atoms with Crippen LogP contribution in [0.15, 0.2) is 48.8 Å². The topological polar surface area (TPSA) is 131 Å². The number of ether oxygens (including phenoxy) is 1. The first-order valence-corrected chi connectivity index (χ1v) is 13.1. The molecular formula is C24H25F3N5O5P. The number of fused-ring (bicyclic) bond motifs is 1. The molecular weight excluding hydrogens is 526 g/mol. The van der Waals surface area contributed by atoms with E-state index in [1.54, 1.807) is 38.4 Å². The normalized spacial score (nSPS) is 13.3. The van der Waals surface area contributed by atoms with Crippen LogP contribution in [0.1, 0.15) is 18.1 Å². The SMILES string of the molecule is CCOP(=O)(O)Cc1ccc(Nc2ncc(C(F)(F)F)c(Nc3cccc4cn(C)c(O)c34)n2)c(OC)c1. The number of nitrogens with one attached hydrogen (secondary N) is 2. The van der Waals surface area contributed by atoms with E-state index in [4.69, 9.17) is 9.26 Å². The number of aryl methyl sites for hydroxylation is 1. The van der Waals surface area contributed by atoms with Gasteiger partial charge in [0.1, 0.15) is 17.1 Å². The first-order valence-electron chi connectivity index (χ1n) is 11.3. The van der Waals surface area contributed by atoms with Gasteiger partial charge in [-0.2, -0.15) is 18.2 Å². The Hall–Kier alpha value is -3.80. The van der Waals surface area contributed by atoms with Gasteiger partial charge in [0, 0.05) is 24.8 Å². The van der Waals surface area contributed by atoms with Gasteiger partial charge in [0.15, 0.2) is 0 Å². The van der Waals surface area contributed by atoms with Crippen molar-refractivity contribution in [1.29, 1.82) is 0 Å². The molecule has 10 nitrogen and oxygen atoms in total. The molecule has 4 rings (SSSR count). The van der Waals surface area contributed by atoms with Crippen molar-refractivity contribution >= 4 is 41.5 Å². The van der Waals surface area contributed by atoms with E-state index in [0.717, 1.165) is 0 Å². The molecule has 0 saturated heterocycles. The molecule has 38 heavy (non-hydrogen) atoms. The van der Waals surface area contributed by atoms with Crippen molar-refractivity contribution < 1.29 is 37.0 Å². The number of aromatic nitrogens is 3. The van der Waals surface area contributed by atoms with Gasteiger partial charge in [-0.05, 0) is 30.7 Å². The summed E-state index contributed by atoms with van der Waals surface area (Å²) in [5, 5.41) is 16.9. The minimum Gasteiger partial charge on any atom is -0.495 e. The molecule has 0 saturated carbocycles. The minimum atomic E-state index is -4.76. The highest BCUT2D eigenvalue weighted by Gasteiger charge is 2.35. The number of halogens is 3. The Balaban J connectivity index is 1.69. The molecule has 0 bridgehead atoms. The highest BCUT2D eigenvalue weighted by molar-refractivity contribution is 7.51. The van der Waals surface area contributed by atoms with Crippen LogP contribution < -0.4 is 15.4 Å². The van der Waals surface area contributed by atoms with Crippen LogP contribution in [0.2, 0.25) is 0 Å². The summed E-state index contributed by atoms with van der Waals surface area (Å²) in [4.78, 5) is 17.8. The number of alkyl halides is 3. The summed E-state index contributed by atoms with van der Waals surface area (Å²) in [6.07, 6.45) is -2.72. The number of hydrogen-bond acceptors (Lipinski definition) is 8. The summed E-state index contributed by atoms with van der Waals surface area (Å²) in [6, 6.07) is 9.47. The van der Waals surface area contributed by atoms with Gasteiger partial charge in [-0.3, -0.25) is 4.57 Å². The number of nitrogens with zero attached hydrogens (tertiary/aromatic N) is 3. The molecule has 202 valence electrons. The van der Waals surface area contributed by atoms with E-state index in [1.807, 2.05) is 0 Å². The third-order valence-corrected chi connectivity index (χ3v) is 6.99. The zero-order valence-electron chi connectivity index (χ0n) is 20.6. The number of aromatic hydroxyl groups is 1. The number of anilines is 4. The van der Waals surface area contributed by atoms with Crippen molar-refractivity contribution in [1.82, 2.24) is 14.5 Å².